The van der Waals surface area contributed by atoms with Crippen LogP contribution in [-0.2, 0) is 16.4 Å². The molecule has 0 spiro atoms. The summed E-state index contributed by atoms with van der Waals surface area (Å²) in [5, 5.41) is 8.42. The standard InChI is InChI=1S/C23H29N5O5S/c1-3-24-23(31)28-13-11-17(12-14-28)26-22(30)20-6-4-5-19(27-20)21(29)25-15-16-7-9-18(10-8-16)34(2,32)33/h4-10,17H,3,11-15H2,1-2H3,(H,24,31)(H,25,29)(H,26,30). The molecule has 0 unspecified atom stereocenters. The van der Waals surface area contributed by atoms with Gasteiger partial charge >= 0.3 is 6.03 Å². The summed E-state index contributed by atoms with van der Waals surface area (Å²) in [6.07, 6.45) is 2.41. The van der Waals surface area contributed by atoms with Gasteiger partial charge < -0.3 is 20.9 Å². The molecule has 182 valence electrons. The minimum absolute atomic E-state index is 0.0765. The van der Waals surface area contributed by atoms with E-state index in [4.69, 9.17) is 0 Å². The van der Waals surface area contributed by atoms with E-state index in [1.165, 1.54) is 18.2 Å². The van der Waals surface area contributed by atoms with E-state index in [0.29, 0.717) is 32.5 Å². The van der Waals surface area contributed by atoms with Crippen LogP contribution >= 0.6 is 0 Å². The third kappa shape index (κ3) is 6.77. The second-order valence-electron chi connectivity index (χ2n) is 8.08. The van der Waals surface area contributed by atoms with Crippen molar-refractivity contribution in [1.82, 2.24) is 25.8 Å². The second kappa shape index (κ2) is 11.1. The number of rotatable bonds is 7. The first-order valence-corrected chi connectivity index (χ1v) is 12.9. The molecule has 34 heavy (non-hydrogen) atoms. The molecule has 2 aromatic rings. The van der Waals surface area contributed by atoms with Crippen LogP contribution in [0.1, 0.15) is 46.3 Å². The van der Waals surface area contributed by atoms with Crippen molar-refractivity contribution in [2.24, 2.45) is 0 Å². The normalized spacial score (nSPS) is 14.4. The molecule has 0 aliphatic carbocycles. The van der Waals surface area contributed by atoms with Gasteiger partial charge in [0.25, 0.3) is 11.8 Å². The third-order valence-electron chi connectivity index (χ3n) is 5.46. The number of hydrogen-bond donors (Lipinski definition) is 3. The summed E-state index contributed by atoms with van der Waals surface area (Å²) in [5.41, 5.74) is 0.969. The molecular formula is C23H29N5O5S. The lowest BCUT2D eigenvalue weighted by molar-refractivity contribution is 0.0912. The van der Waals surface area contributed by atoms with Crippen LogP contribution in [0.15, 0.2) is 47.4 Å². The van der Waals surface area contributed by atoms with Crippen LogP contribution in [-0.4, -0.2) is 68.1 Å². The number of nitrogens with zero attached hydrogens (tertiary/aromatic N) is 2. The van der Waals surface area contributed by atoms with Crippen molar-refractivity contribution in [2.75, 3.05) is 25.9 Å². The summed E-state index contributed by atoms with van der Waals surface area (Å²) >= 11 is 0. The van der Waals surface area contributed by atoms with E-state index < -0.39 is 15.7 Å². The molecule has 1 aliphatic heterocycles. The number of piperidine rings is 1. The predicted octanol–water partition coefficient (Wildman–Crippen LogP) is 1.34. The lowest BCUT2D eigenvalue weighted by Crippen LogP contribution is -2.49. The summed E-state index contributed by atoms with van der Waals surface area (Å²) in [6, 6.07) is 10.7. The van der Waals surface area contributed by atoms with Crippen LogP contribution in [0.5, 0.6) is 0 Å². The molecule has 1 aliphatic rings. The van der Waals surface area contributed by atoms with Crippen LogP contribution in [0.3, 0.4) is 0 Å². The highest BCUT2D eigenvalue weighted by Gasteiger charge is 2.24. The lowest BCUT2D eigenvalue weighted by Gasteiger charge is -2.32. The van der Waals surface area contributed by atoms with Gasteiger partial charge in [0.1, 0.15) is 11.4 Å². The zero-order chi connectivity index (χ0) is 24.7. The van der Waals surface area contributed by atoms with E-state index >= 15 is 0 Å². The molecule has 3 N–H and O–H groups in total. The topological polar surface area (TPSA) is 138 Å². The Morgan fingerprint density at radius 3 is 2.18 bits per heavy atom. The Kier molecular flexibility index (Phi) is 8.21. The number of carbonyl (C=O) groups is 3. The number of carbonyl (C=O) groups excluding carboxylic acids is 3. The molecule has 1 fully saturated rings. The number of amides is 4. The van der Waals surface area contributed by atoms with E-state index in [1.807, 2.05) is 6.92 Å². The van der Waals surface area contributed by atoms with Gasteiger partial charge in [-0.3, -0.25) is 9.59 Å². The first-order chi connectivity index (χ1) is 16.2. The van der Waals surface area contributed by atoms with Crippen LogP contribution < -0.4 is 16.0 Å². The number of urea groups is 1. The number of aromatic nitrogens is 1. The van der Waals surface area contributed by atoms with Gasteiger partial charge in [-0.25, -0.2) is 18.2 Å². The van der Waals surface area contributed by atoms with Gasteiger partial charge in [0, 0.05) is 38.5 Å². The van der Waals surface area contributed by atoms with Crippen molar-refractivity contribution >= 4 is 27.7 Å². The average Bonchev–Trinajstić information content (AvgIpc) is 2.83. The van der Waals surface area contributed by atoms with Gasteiger partial charge in [-0.1, -0.05) is 18.2 Å². The fourth-order valence-electron chi connectivity index (χ4n) is 3.56. The second-order valence-corrected chi connectivity index (χ2v) is 10.1. The van der Waals surface area contributed by atoms with Crippen molar-refractivity contribution < 1.29 is 22.8 Å². The summed E-state index contributed by atoms with van der Waals surface area (Å²) in [5.74, 6) is -0.820. The average molecular weight is 488 g/mol. The minimum Gasteiger partial charge on any atom is -0.348 e. The van der Waals surface area contributed by atoms with Crippen molar-refractivity contribution in [3.63, 3.8) is 0 Å². The maximum Gasteiger partial charge on any atom is 0.317 e. The monoisotopic (exact) mass is 487 g/mol. The number of pyridine rings is 1. The number of likely N-dealkylation sites (tertiary alicyclic amines) is 1. The van der Waals surface area contributed by atoms with Gasteiger partial charge in [0.05, 0.1) is 4.90 Å². The summed E-state index contributed by atoms with van der Waals surface area (Å²) in [7, 11) is -3.28. The summed E-state index contributed by atoms with van der Waals surface area (Å²) in [6.45, 7) is 3.73. The Hall–Kier alpha value is -3.47. The molecule has 4 amide bonds. The maximum absolute atomic E-state index is 12.7. The Balaban J connectivity index is 1.53. The van der Waals surface area contributed by atoms with E-state index in [0.717, 1.165) is 11.8 Å². The molecule has 2 heterocycles. The zero-order valence-corrected chi connectivity index (χ0v) is 20.0. The summed E-state index contributed by atoms with van der Waals surface area (Å²) in [4.78, 5) is 43.2. The van der Waals surface area contributed by atoms with Crippen molar-refractivity contribution in [3.8, 4) is 0 Å². The molecule has 3 rings (SSSR count). The van der Waals surface area contributed by atoms with Gasteiger partial charge in [0.2, 0.25) is 0 Å². The Bertz CT molecular complexity index is 1140. The highest BCUT2D eigenvalue weighted by atomic mass is 32.2. The smallest absolute Gasteiger partial charge is 0.317 e. The number of sulfone groups is 1. The maximum atomic E-state index is 12.7. The quantitative estimate of drug-likeness (QED) is 0.539. The van der Waals surface area contributed by atoms with E-state index in [-0.39, 0.29) is 40.8 Å². The van der Waals surface area contributed by atoms with Crippen molar-refractivity contribution in [2.45, 2.75) is 37.2 Å². The first kappa shape index (κ1) is 25.2. The molecule has 1 saturated heterocycles. The van der Waals surface area contributed by atoms with E-state index in [2.05, 4.69) is 20.9 Å². The number of nitrogens with one attached hydrogen (secondary N) is 3. The third-order valence-corrected chi connectivity index (χ3v) is 6.59. The van der Waals surface area contributed by atoms with Gasteiger partial charge in [-0.05, 0) is 49.6 Å². The van der Waals surface area contributed by atoms with Crippen molar-refractivity contribution in [1.29, 1.82) is 0 Å². The molecule has 10 nitrogen and oxygen atoms in total. The fourth-order valence-corrected chi connectivity index (χ4v) is 4.19. The SMILES string of the molecule is CCNC(=O)N1CCC(NC(=O)c2cccc(C(=O)NCc3ccc(S(C)(=O)=O)cc3)n2)CC1. The predicted molar refractivity (Wildman–Crippen MR) is 126 cm³/mol. The van der Waals surface area contributed by atoms with Gasteiger partial charge in [-0.2, -0.15) is 0 Å². The first-order valence-electron chi connectivity index (χ1n) is 11.0. The van der Waals surface area contributed by atoms with E-state index in [1.54, 1.807) is 29.2 Å². The lowest BCUT2D eigenvalue weighted by atomic mass is 10.1. The molecule has 0 atom stereocenters. The Labute approximate surface area is 199 Å². The minimum atomic E-state index is -3.28. The van der Waals surface area contributed by atoms with E-state index in [9.17, 15) is 22.8 Å². The molecule has 0 bridgehead atoms. The molecule has 0 saturated carbocycles. The number of hydrogen-bond acceptors (Lipinski definition) is 6. The highest BCUT2D eigenvalue weighted by Crippen LogP contribution is 2.12. The van der Waals surface area contributed by atoms with Crippen LogP contribution in [0.4, 0.5) is 4.79 Å². The largest absolute Gasteiger partial charge is 0.348 e. The molecule has 0 radical (unpaired) electrons. The van der Waals surface area contributed by atoms with Crippen LogP contribution in [0.25, 0.3) is 0 Å². The number of benzene rings is 1. The molecule has 1 aromatic carbocycles. The zero-order valence-electron chi connectivity index (χ0n) is 19.2. The highest BCUT2D eigenvalue weighted by molar-refractivity contribution is 7.90. The molecule has 1 aromatic heterocycles. The molecule has 11 heteroatoms. The molecular weight excluding hydrogens is 458 g/mol. The van der Waals surface area contributed by atoms with Crippen molar-refractivity contribution in [3.05, 3.63) is 59.4 Å². The van der Waals surface area contributed by atoms with Crippen LogP contribution in [0.2, 0.25) is 0 Å². The fraction of sp³-hybridized carbons (Fsp3) is 0.391. The Morgan fingerprint density at radius 1 is 0.971 bits per heavy atom. The summed E-state index contributed by atoms with van der Waals surface area (Å²) < 4.78 is 23.1. The van der Waals surface area contributed by atoms with Gasteiger partial charge in [-0.15, -0.1) is 0 Å². The Morgan fingerprint density at radius 2 is 1.59 bits per heavy atom. The van der Waals surface area contributed by atoms with Gasteiger partial charge in [0.15, 0.2) is 9.84 Å². The van der Waals surface area contributed by atoms with Crippen LogP contribution in [0, 0.1) is 0 Å².